The number of nitrogens with zero attached hydrogens (tertiary/aromatic N) is 2. The van der Waals surface area contributed by atoms with E-state index in [2.05, 4.69) is 15.5 Å². The summed E-state index contributed by atoms with van der Waals surface area (Å²) in [4.78, 5) is 0. The number of ether oxygens (including phenoxy) is 1. The smallest absolute Gasteiger partial charge is 0.230 e. The number of aromatic nitrogens is 2. The number of hydrogen-bond donors (Lipinski definition) is 1. The first kappa shape index (κ1) is 10.6. The van der Waals surface area contributed by atoms with Crippen LogP contribution in [0.25, 0.3) is 0 Å². The molecule has 0 amide bonds. The van der Waals surface area contributed by atoms with Crippen molar-refractivity contribution in [2.45, 2.75) is 38.8 Å². The van der Waals surface area contributed by atoms with Crippen molar-refractivity contribution in [1.29, 1.82) is 0 Å². The number of hydrogen-bond acceptors (Lipinski definition) is 5. The van der Waals surface area contributed by atoms with Crippen molar-refractivity contribution in [3.05, 3.63) is 11.8 Å². The van der Waals surface area contributed by atoms with Gasteiger partial charge in [0.2, 0.25) is 11.8 Å². The minimum atomic E-state index is 0.647. The van der Waals surface area contributed by atoms with Crippen molar-refractivity contribution >= 4 is 0 Å². The fraction of sp³-hybridized carbons (Fsp3) is 0.800. The molecule has 0 saturated heterocycles. The molecule has 0 atom stereocenters. The third-order valence-electron chi connectivity index (χ3n) is 2.29. The van der Waals surface area contributed by atoms with E-state index in [-0.39, 0.29) is 0 Å². The zero-order chi connectivity index (χ0) is 10.5. The Morgan fingerprint density at radius 3 is 2.93 bits per heavy atom. The maximum Gasteiger partial charge on any atom is 0.230 e. The molecule has 1 N–H and O–H groups in total. The van der Waals surface area contributed by atoms with Gasteiger partial charge in [0.25, 0.3) is 0 Å². The second-order valence-corrected chi connectivity index (χ2v) is 3.69. The van der Waals surface area contributed by atoms with E-state index in [1.54, 1.807) is 0 Å². The third kappa shape index (κ3) is 3.60. The van der Waals surface area contributed by atoms with E-state index >= 15 is 0 Å². The average Bonchev–Trinajstić information content (AvgIpc) is 2.97. The number of rotatable bonds is 7. The van der Waals surface area contributed by atoms with Crippen molar-refractivity contribution < 1.29 is 9.15 Å². The van der Waals surface area contributed by atoms with Crippen LogP contribution in [0.2, 0.25) is 0 Å². The van der Waals surface area contributed by atoms with Gasteiger partial charge in [-0.1, -0.05) is 0 Å². The Bertz CT molecular complexity index is 297. The first-order chi connectivity index (χ1) is 7.38. The topological polar surface area (TPSA) is 60.2 Å². The molecule has 1 aliphatic carbocycles. The minimum absolute atomic E-state index is 0.647. The molecule has 5 nitrogen and oxygen atoms in total. The van der Waals surface area contributed by atoms with Crippen LogP contribution in [0.1, 0.15) is 31.5 Å². The predicted octanol–water partition coefficient (Wildman–Crippen LogP) is 0.901. The summed E-state index contributed by atoms with van der Waals surface area (Å²) in [5.74, 6) is 1.34. The standard InChI is InChI=1S/C10H17N3O2/c1-2-14-6-5-9-12-13-10(15-9)7-11-8-3-4-8/h8,11H,2-7H2,1H3. The van der Waals surface area contributed by atoms with E-state index in [0.29, 0.717) is 37.4 Å². The van der Waals surface area contributed by atoms with Crippen LogP contribution in [-0.4, -0.2) is 29.5 Å². The molecular weight excluding hydrogens is 194 g/mol. The molecule has 2 rings (SSSR count). The fourth-order valence-corrected chi connectivity index (χ4v) is 1.28. The second kappa shape index (κ2) is 5.23. The fourth-order valence-electron chi connectivity index (χ4n) is 1.28. The van der Waals surface area contributed by atoms with Gasteiger partial charge in [0.1, 0.15) is 0 Å². The van der Waals surface area contributed by atoms with E-state index < -0.39 is 0 Å². The summed E-state index contributed by atoms with van der Waals surface area (Å²) < 4.78 is 10.7. The highest BCUT2D eigenvalue weighted by atomic mass is 16.5. The molecular formula is C10H17N3O2. The summed E-state index contributed by atoms with van der Waals surface area (Å²) in [6, 6.07) is 0.670. The normalized spacial score (nSPS) is 15.8. The van der Waals surface area contributed by atoms with E-state index in [0.717, 1.165) is 6.61 Å². The van der Waals surface area contributed by atoms with Gasteiger partial charge in [-0.15, -0.1) is 10.2 Å². The highest BCUT2D eigenvalue weighted by Gasteiger charge is 2.21. The summed E-state index contributed by atoms with van der Waals surface area (Å²) in [6.45, 7) is 4.03. The first-order valence-electron chi connectivity index (χ1n) is 5.51. The molecule has 1 saturated carbocycles. The molecule has 15 heavy (non-hydrogen) atoms. The highest BCUT2D eigenvalue weighted by molar-refractivity contribution is 4.86. The second-order valence-electron chi connectivity index (χ2n) is 3.69. The monoisotopic (exact) mass is 211 g/mol. The summed E-state index contributed by atoms with van der Waals surface area (Å²) in [7, 11) is 0. The zero-order valence-electron chi connectivity index (χ0n) is 9.03. The van der Waals surface area contributed by atoms with E-state index in [9.17, 15) is 0 Å². The average molecular weight is 211 g/mol. The largest absolute Gasteiger partial charge is 0.424 e. The van der Waals surface area contributed by atoms with Gasteiger partial charge in [0.15, 0.2) is 0 Å². The molecule has 1 heterocycles. The maximum atomic E-state index is 5.44. The Morgan fingerprint density at radius 2 is 2.20 bits per heavy atom. The van der Waals surface area contributed by atoms with Crippen LogP contribution in [0.3, 0.4) is 0 Å². The molecule has 1 aliphatic rings. The van der Waals surface area contributed by atoms with E-state index in [4.69, 9.17) is 9.15 Å². The van der Waals surface area contributed by atoms with Gasteiger partial charge in [-0.25, -0.2) is 0 Å². The Morgan fingerprint density at radius 1 is 1.40 bits per heavy atom. The molecule has 0 unspecified atom stereocenters. The molecule has 84 valence electrons. The van der Waals surface area contributed by atoms with Gasteiger partial charge >= 0.3 is 0 Å². The van der Waals surface area contributed by atoms with Crippen molar-refractivity contribution in [3.63, 3.8) is 0 Å². The summed E-state index contributed by atoms with van der Waals surface area (Å²) in [6.07, 6.45) is 3.24. The van der Waals surface area contributed by atoms with Crippen LogP contribution in [0.15, 0.2) is 4.42 Å². The Kier molecular flexibility index (Phi) is 3.69. The van der Waals surface area contributed by atoms with Crippen LogP contribution in [0.4, 0.5) is 0 Å². The third-order valence-corrected chi connectivity index (χ3v) is 2.29. The van der Waals surface area contributed by atoms with Gasteiger partial charge in [-0.3, -0.25) is 0 Å². The molecule has 1 fully saturated rings. The summed E-state index contributed by atoms with van der Waals surface area (Å²) in [5, 5.41) is 11.2. The molecule has 0 radical (unpaired) electrons. The van der Waals surface area contributed by atoms with Gasteiger partial charge < -0.3 is 14.5 Å². The minimum Gasteiger partial charge on any atom is -0.424 e. The van der Waals surface area contributed by atoms with Crippen LogP contribution >= 0.6 is 0 Å². The van der Waals surface area contributed by atoms with Crippen molar-refractivity contribution in [1.82, 2.24) is 15.5 Å². The Hall–Kier alpha value is -0.940. The van der Waals surface area contributed by atoms with E-state index in [1.807, 2.05) is 6.92 Å². The number of nitrogens with one attached hydrogen (secondary N) is 1. The van der Waals surface area contributed by atoms with Crippen LogP contribution in [-0.2, 0) is 17.7 Å². The molecule has 1 aromatic rings. The lowest BCUT2D eigenvalue weighted by atomic mass is 10.4. The molecule has 0 aromatic carbocycles. The molecule has 0 spiro atoms. The lowest BCUT2D eigenvalue weighted by Crippen LogP contribution is -2.15. The SMILES string of the molecule is CCOCCc1nnc(CNC2CC2)o1. The van der Waals surface area contributed by atoms with Gasteiger partial charge in [-0.05, 0) is 19.8 Å². The molecule has 0 aliphatic heterocycles. The molecule has 0 bridgehead atoms. The van der Waals surface area contributed by atoms with Gasteiger partial charge in [0.05, 0.1) is 13.2 Å². The lowest BCUT2D eigenvalue weighted by Gasteiger charge is -1.97. The van der Waals surface area contributed by atoms with Crippen LogP contribution in [0, 0.1) is 0 Å². The summed E-state index contributed by atoms with van der Waals surface area (Å²) in [5.41, 5.74) is 0. The molecule has 1 aromatic heterocycles. The van der Waals surface area contributed by atoms with Gasteiger partial charge in [0, 0.05) is 19.1 Å². The lowest BCUT2D eigenvalue weighted by molar-refractivity contribution is 0.145. The van der Waals surface area contributed by atoms with E-state index in [1.165, 1.54) is 12.8 Å². The van der Waals surface area contributed by atoms with Crippen LogP contribution < -0.4 is 5.32 Å². The zero-order valence-corrected chi connectivity index (χ0v) is 9.03. The van der Waals surface area contributed by atoms with Crippen molar-refractivity contribution in [2.24, 2.45) is 0 Å². The molecule has 5 heteroatoms. The summed E-state index contributed by atoms with van der Waals surface area (Å²) >= 11 is 0. The predicted molar refractivity (Wildman–Crippen MR) is 54.4 cm³/mol. The highest BCUT2D eigenvalue weighted by Crippen LogP contribution is 2.19. The first-order valence-corrected chi connectivity index (χ1v) is 5.51. The van der Waals surface area contributed by atoms with Gasteiger partial charge in [-0.2, -0.15) is 0 Å². The van der Waals surface area contributed by atoms with Crippen LogP contribution in [0.5, 0.6) is 0 Å². The van der Waals surface area contributed by atoms with Crippen molar-refractivity contribution in [2.75, 3.05) is 13.2 Å². The Labute approximate surface area is 89.2 Å². The quantitative estimate of drug-likeness (QED) is 0.679. The maximum absolute atomic E-state index is 5.44. The Balaban J connectivity index is 1.70. The van der Waals surface area contributed by atoms with Crippen molar-refractivity contribution in [3.8, 4) is 0 Å².